The summed E-state index contributed by atoms with van der Waals surface area (Å²) < 4.78 is 1.46. The monoisotopic (exact) mass is 231 g/mol. The van der Waals surface area contributed by atoms with E-state index in [1.165, 1.54) is 10.9 Å². The van der Waals surface area contributed by atoms with Gasteiger partial charge in [0.2, 0.25) is 0 Å². The first kappa shape index (κ1) is 11.1. The molecule has 0 unspecified atom stereocenters. The van der Waals surface area contributed by atoms with Gasteiger partial charge in [-0.2, -0.15) is 5.10 Å². The molecule has 0 saturated carbocycles. The fraction of sp³-hybridized carbons (Fsp3) is 0.182. The molecule has 0 atom stereocenters. The van der Waals surface area contributed by atoms with Crippen LogP contribution in [-0.4, -0.2) is 20.7 Å². The van der Waals surface area contributed by atoms with E-state index in [4.69, 9.17) is 5.73 Å². The summed E-state index contributed by atoms with van der Waals surface area (Å²) >= 11 is 0. The molecule has 0 aliphatic carbocycles. The van der Waals surface area contributed by atoms with E-state index in [0.717, 1.165) is 5.56 Å². The standard InChI is InChI=1S/C11H13N5O/c1-16-10(12)9(7-15-16)11(17)14-6-8-3-2-4-13-5-8/h2-5,7H,6,12H2,1H3,(H,14,17). The molecule has 1 amide bonds. The van der Waals surface area contributed by atoms with Crippen molar-refractivity contribution in [3.63, 3.8) is 0 Å². The van der Waals surface area contributed by atoms with E-state index in [1.807, 2.05) is 12.1 Å². The summed E-state index contributed by atoms with van der Waals surface area (Å²) in [7, 11) is 1.69. The van der Waals surface area contributed by atoms with Crippen LogP contribution in [0.3, 0.4) is 0 Å². The van der Waals surface area contributed by atoms with Crippen LogP contribution in [0.15, 0.2) is 30.7 Å². The first-order chi connectivity index (χ1) is 8.18. The van der Waals surface area contributed by atoms with Gasteiger partial charge in [0.05, 0.1) is 6.20 Å². The minimum atomic E-state index is -0.237. The van der Waals surface area contributed by atoms with Crippen molar-refractivity contribution in [2.24, 2.45) is 7.05 Å². The molecule has 6 heteroatoms. The van der Waals surface area contributed by atoms with E-state index in [9.17, 15) is 4.79 Å². The number of amides is 1. The fourth-order valence-electron chi connectivity index (χ4n) is 1.40. The van der Waals surface area contributed by atoms with Gasteiger partial charge < -0.3 is 11.1 Å². The van der Waals surface area contributed by atoms with Crippen molar-refractivity contribution in [2.45, 2.75) is 6.54 Å². The number of rotatable bonds is 3. The molecule has 2 aromatic rings. The normalized spacial score (nSPS) is 10.2. The Morgan fingerprint density at radius 2 is 2.35 bits per heavy atom. The van der Waals surface area contributed by atoms with Crippen LogP contribution in [0.2, 0.25) is 0 Å². The van der Waals surface area contributed by atoms with Gasteiger partial charge in [-0.15, -0.1) is 0 Å². The number of aryl methyl sites for hydroxylation is 1. The Balaban J connectivity index is 2.01. The highest BCUT2D eigenvalue weighted by Gasteiger charge is 2.12. The Morgan fingerprint density at radius 3 is 2.94 bits per heavy atom. The molecule has 0 aromatic carbocycles. The van der Waals surface area contributed by atoms with Gasteiger partial charge in [-0.25, -0.2) is 0 Å². The largest absolute Gasteiger partial charge is 0.383 e. The van der Waals surface area contributed by atoms with E-state index in [-0.39, 0.29) is 5.91 Å². The van der Waals surface area contributed by atoms with E-state index < -0.39 is 0 Å². The van der Waals surface area contributed by atoms with Crippen LogP contribution in [0.4, 0.5) is 5.82 Å². The van der Waals surface area contributed by atoms with Gasteiger partial charge in [-0.1, -0.05) is 6.07 Å². The van der Waals surface area contributed by atoms with E-state index in [2.05, 4.69) is 15.4 Å². The summed E-state index contributed by atoms with van der Waals surface area (Å²) in [5.74, 6) is 0.119. The molecule has 2 aromatic heterocycles. The maximum Gasteiger partial charge on any atom is 0.256 e. The zero-order valence-corrected chi connectivity index (χ0v) is 9.42. The highest BCUT2D eigenvalue weighted by Crippen LogP contribution is 2.08. The second-order valence-electron chi connectivity index (χ2n) is 3.61. The average molecular weight is 231 g/mol. The van der Waals surface area contributed by atoms with Crippen LogP contribution in [0.5, 0.6) is 0 Å². The number of nitrogens with two attached hydrogens (primary N) is 1. The number of nitrogens with zero attached hydrogens (tertiary/aromatic N) is 3. The molecule has 0 saturated heterocycles. The van der Waals surface area contributed by atoms with Crippen LogP contribution in [-0.2, 0) is 13.6 Å². The number of aromatic nitrogens is 3. The van der Waals surface area contributed by atoms with E-state index >= 15 is 0 Å². The second kappa shape index (κ2) is 4.65. The van der Waals surface area contributed by atoms with Crippen LogP contribution in [0.1, 0.15) is 15.9 Å². The number of pyridine rings is 1. The number of carbonyl (C=O) groups is 1. The lowest BCUT2D eigenvalue weighted by Crippen LogP contribution is -2.23. The van der Waals surface area contributed by atoms with E-state index in [1.54, 1.807) is 19.4 Å². The third-order valence-corrected chi connectivity index (χ3v) is 2.41. The molecule has 0 fully saturated rings. The van der Waals surface area contributed by atoms with Gasteiger partial charge in [-0.05, 0) is 11.6 Å². The molecule has 0 bridgehead atoms. The molecule has 88 valence electrons. The third-order valence-electron chi connectivity index (χ3n) is 2.41. The van der Waals surface area contributed by atoms with Crippen LogP contribution in [0.25, 0.3) is 0 Å². The molecule has 0 aliphatic rings. The second-order valence-corrected chi connectivity index (χ2v) is 3.61. The molecule has 17 heavy (non-hydrogen) atoms. The maximum absolute atomic E-state index is 11.8. The Hall–Kier alpha value is -2.37. The molecular weight excluding hydrogens is 218 g/mol. The van der Waals surface area contributed by atoms with Gasteiger partial charge in [0.15, 0.2) is 0 Å². The molecule has 0 aliphatic heterocycles. The maximum atomic E-state index is 11.8. The lowest BCUT2D eigenvalue weighted by molar-refractivity contribution is 0.0951. The molecular formula is C11H13N5O. The Bertz CT molecular complexity index is 520. The first-order valence-corrected chi connectivity index (χ1v) is 5.13. The van der Waals surface area contributed by atoms with Crippen molar-refractivity contribution in [1.29, 1.82) is 0 Å². The molecule has 2 rings (SSSR count). The highest BCUT2D eigenvalue weighted by atomic mass is 16.1. The summed E-state index contributed by atoms with van der Waals surface area (Å²) in [6.45, 7) is 0.418. The van der Waals surface area contributed by atoms with Gasteiger partial charge >= 0.3 is 0 Å². The minimum Gasteiger partial charge on any atom is -0.383 e. The van der Waals surface area contributed by atoms with Crippen molar-refractivity contribution < 1.29 is 4.79 Å². The number of nitrogens with one attached hydrogen (secondary N) is 1. The fourth-order valence-corrected chi connectivity index (χ4v) is 1.40. The summed E-state index contributed by atoms with van der Waals surface area (Å²) in [6, 6.07) is 3.71. The first-order valence-electron chi connectivity index (χ1n) is 5.13. The number of carbonyl (C=O) groups excluding carboxylic acids is 1. The van der Waals surface area contributed by atoms with Crippen LogP contribution >= 0.6 is 0 Å². The van der Waals surface area contributed by atoms with Crippen molar-refractivity contribution in [3.8, 4) is 0 Å². The minimum absolute atomic E-state index is 0.237. The molecule has 0 radical (unpaired) electrons. The highest BCUT2D eigenvalue weighted by molar-refractivity contribution is 5.98. The van der Waals surface area contributed by atoms with Crippen molar-refractivity contribution in [1.82, 2.24) is 20.1 Å². The smallest absolute Gasteiger partial charge is 0.256 e. The lowest BCUT2D eigenvalue weighted by atomic mass is 10.2. The Kier molecular flexibility index (Phi) is 3.04. The van der Waals surface area contributed by atoms with E-state index in [0.29, 0.717) is 17.9 Å². The quantitative estimate of drug-likeness (QED) is 0.797. The number of hydrogen-bond donors (Lipinski definition) is 2. The Morgan fingerprint density at radius 1 is 1.53 bits per heavy atom. The van der Waals surface area contributed by atoms with Crippen molar-refractivity contribution in [2.75, 3.05) is 5.73 Å². The summed E-state index contributed by atoms with van der Waals surface area (Å²) in [5.41, 5.74) is 7.02. The molecule has 3 N–H and O–H groups in total. The zero-order chi connectivity index (χ0) is 12.3. The third kappa shape index (κ3) is 2.41. The molecule has 0 spiro atoms. The summed E-state index contributed by atoms with van der Waals surface area (Å²) in [6.07, 6.45) is 4.84. The van der Waals surface area contributed by atoms with Gasteiger partial charge in [0, 0.05) is 26.0 Å². The van der Waals surface area contributed by atoms with Crippen LogP contribution < -0.4 is 11.1 Å². The molecule has 6 nitrogen and oxygen atoms in total. The Labute approximate surface area is 98.5 Å². The van der Waals surface area contributed by atoms with Crippen molar-refractivity contribution >= 4 is 11.7 Å². The topological polar surface area (TPSA) is 85.8 Å². The van der Waals surface area contributed by atoms with Crippen LogP contribution in [0, 0.1) is 0 Å². The van der Waals surface area contributed by atoms with Gasteiger partial charge in [0.1, 0.15) is 11.4 Å². The number of nitrogen functional groups attached to an aromatic ring is 1. The SMILES string of the molecule is Cn1ncc(C(=O)NCc2cccnc2)c1N. The molecule has 2 heterocycles. The number of anilines is 1. The van der Waals surface area contributed by atoms with Crippen molar-refractivity contribution in [3.05, 3.63) is 41.9 Å². The predicted molar refractivity (Wildman–Crippen MR) is 63.0 cm³/mol. The predicted octanol–water partition coefficient (Wildman–Crippen LogP) is 0.327. The number of hydrogen-bond acceptors (Lipinski definition) is 4. The zero-order valence-electron chi connectivity index (χ0n) is 9.42. The summed E-state index contributed by atoms with van der Waals surface area (Å²) in [4.78, 5) is 15.8. The van der Waals surface area contributed by atoms with Gasteiger partial charge in [0.25, 0.3) is 5.91 Å². The average Bonchev–Trinajstić information content (AvgIpc) is 2.69. The van der Waals surface area contributed by atoms with Gasteiger partial charge in [-0.3, -0.25) is 14.5 Å². The summed E-state index contributed by atoms with van der Waals surface area (Å²) in [5, 5.41) is 6.67. The lowest BCUT2D eigenvalue weighted by Gasteiger charge is -2.04.